The summed E-state index contributed by atoms with van der Waals surface area (Å²) < 4.78 is 11.2. The van der Waals surface area contributed by atoms with Crippen molar-refractivity contribution in [2.45, 2.75) is 6.92 Å². The number of halogens is 1. The Morgan fingerprint density at radius 1 is 1.60 bits per heavy atom. The van der Waals surface area contributed by atoms with Crippen molar-refractivity contribution in [1.82, 2.24) is 0 Å². The average Bonchev–Trinajstić information content (AvgIpc) is 2.22. The van der Waals surface area contributed by atoms with Crippen molar-refractivity contribution in [1.29, 1.82) is 5.26 Å². The van der Waals surface area contributed by atoms with Gasteiger partial charge < -0.3 is 15.2 Å². The summed E-state index contributed by atoms with van der Waals surface area (Å²) in [6.07, 6.45) is 0. The topological polar surface area (TPSA) is 68.3 Å². The first-order chi connectivity index (χ1) is 7.15. The highest BCUT2D eigenvalue weighted by atomic mass is 127. The number of ether oxygens (including phenoxy) is 2. The van der Waals surface area contributed by atoms with Gasteiger partial charge in [0.05, 0.1) is 28.5 Å². The van der Waals surface area contributed by atoms with E-state index in [4.69, 9.17) is 20.5 Å². The second-order valence-corrected chi connectivity index (χ2v) is 3.81. The quantitative estimate of drug-likeness (QED) is 0.685. The van der Waals surface area contributed by atoms with Crippen molar-refractivity contribution < 1.29 is 9.47 Å². The van der Waals surface area contributed by atoms with Crippen LogP contribution in [0.5, 0.6) is 11.5 Å². The van der Waals surface area contributed by atoms with Gasteiger partial charge >= 0.3 is 0 Å². The van der Waals surface area contributed by atoms with Gasteiger partial charge in [0.25, 0.3) is 0 Å². The number of hydrogen-bond acceptors (Lipinski definition) is 4. The smallest absolute Gasteiger partial charge is 0.175 e. The zero-order valence-electron chi connectivity index (χ0n) is 8.50. The standard InChI is InChI=1S/C10H11IN2O2/c1-3-15-10-8(14-2)4-7(13)6(5-12)9(10)11/h4H,3,13H2,1-2H3. The maximum Gasteiger partial charge on any atom is 0.175 e. The predicted molar refractivity (Wildman–Crippen MR) is 66.0 cm³/mol. The molecule has 0 aliphatic heterocycles. The van der Waals surface area contributed by atoms with Crippen LogP contribution in [0.15, 0.2) is 6.07 Å². The summed E-state index contributed by atoms with van der Waals surface area (Å²) in [7, 11) is 1.54. The number of nitrogen functional groups attached to an aromatic ring is 1. The maximum absolute atomic E-state index is 8.92. The molecule has 0 fully saturated rings. The minimum absolute atomic E-state index is 0.405. The van der Waals surface area contributed by atoms with Crippen LogP contribution in [0.4, 0.5) is 5.69 Å². The number of benzene rings is 1. The maximum atomic E-state index is 8.92. The van der Waals surface area contributed by atoms with E-state index in [2.05, 4.69) is 0 Å². The van der Waals surface area contributed by atoms with E-state index in [9.17, 15) is 0 Å². The van der Waals surface area contributed by atoms with Gasteiger partial charge in [0.1, 0.15) is 6.07 Å². The zero-order chi connectivity index (χ0) is 11.4. The molecule has 0 aromatic heterocycles. The van der Waals surface area contributed by atoms with Gasteiger partial charge in [-0.2, -0.15) is 5.26 Å². The van der Waals surface area contributed by atoms with Gasteiger partial charge in [0.2, 0.25) is 0 Å². The van der Waals surface area contributed by atoms with E-state index < -0.39 is 0 Å². The summed E-state index contributed by atoms with van der Waals surface area (Å²) in [6.45, 7) is 2.39. The van der Waals surface area contributed by atoms with Gasteiger partial charge in [-0.25, -0.2) is 0 Å². The third-order valence-corrected chi connectivity index (χ3v) is 2.87. The first-order valence-electron chi connectivity index (χ1n) is 4.34. The molecule has 0 atom stereocenters. The van der Waals surface area contributed by atoms with E-state index in [-0.39, 0.29) is 0 Å². The fourth-order valence-corrected chi connectivity index (χ4v) is 2.02. The van der Waals surface area contributed by atoms with Crippen LogP contribution in [0.2, 0.25) is 0 Å². The normalized spacial score (nSPS) is 9.47. The Morgan fingerprint density at radius 2 is 2.27 bits per heavy atom. The number of nitrogens with zero attached hydrogens (tertiary/aromatic N) is 1. The molecule has 1 rings (SSSR count). The van der Waals surface area contributed by atoms with Gasteiger partial charge in [-0.05, 0) is 29.5 Å². The lowest BCUT2D eigenvalue weighted by molar-refractivity contribution is 0.309. The monoisotopic (exact) mass is 318 g/mol. The Bertz CT molecular complexity index is 413. The molecular formula is C10H11IN2O2. The molecule has 0 bridgehead atoms. The minimum atomic E-state index is 0.405. The molecular weight excluding hydrogens is 307 g/mol. The van der Waals surface area contributed by atoms with E-state index in [0.717, 1.165) is 0 Å². The lowest BCUT2D eigenvalue weighted by Crippen LogP contribution is -2.02. The largest absolute Gasteiger partial charge is 0.493 e. The second-order valence-electron chi connectivity index (χ2n) is 2.73. The summed E-state index contributed by atoms with van der Waals surface area (Å²) in [5, 5.41) is 8.92. The first kappa shape index (κ1) is 11.9. The van der Waals surface area contributed by atoms with E-state index >= 15 is 0 Å². The number of rotatable bonds is 3. The molecule has 0 unspecified atom stereocenters. The molecule has 15 heavy (non-hydrogen) atoms. The Labute approximate surface area is 102 Å². The Hall–Kier alpha value is -1.16. The van der Waals surface area contributed by atoms with Crippen LogP contribution in [-0.4, -0.2) is 13.7 Å². The molecule has 0 spiro atoms. The average molecular weight is 318 g/mol. The van der Waals surface area contributed by atoms with E-state index in [0.29, 0.717) is 32.9 Å². The fraction of sp³-hybridized carbons (Fsp3) is 0.300. The third kappa shape index (κ3) is 2.26. The van der Waals surface area contributed by atoms with Crippen LogP contribution in [0.25, 0.3) is 0 Å². The summed E-state index contributed by atoms with van der Waals surface area (Å²) in [5.41, 5.74) is 6.55. The van der Waals surface area contributed by atoms with E-state index in [1.807, 2.05) is 35.6 Å². The zero-order valence-corrected chi connectivity index (χ0v) is 10.7. The summed E-state index contributed by atoms with van der Waals surface area (Å²) in [6, 6.07) is 3.65. The van der Waals surface area contributed by atoms with Gasteiger partial charge in [-0.3, -0.25) is 0 Å². The summed E-state index contributed by atoms with van der Waals surface area (Å²) in [5.74, 6) is 1.13. The van der Waals surface area contributed by atoms with Crippen LogP contribution in [0.1, 0.15) is 12.5 Å². The van der Waals surface area contributed by atoms with Gasteiger partial charge in [-0.15, -0.1) is 0 Å². The second kappa shape index (κ2) is 5.07. The number of nitrogens with two attached hydrogens (primary N) is 1. The summed E-state index contributed by atoms with van der Waals surface area (Å²) >= 11 is 2.03. The highest BCUT2D eigenvalue weighted by molar-refractivity contribution is 14.1. The molecule has 0 saturated heterocycles. The summed E-state index contributed by atoms with van der Waals surface area (Å²) in [4.78, 5) is 0. The van der Waals surface area contributed by atoms with Crippen molar-refractivity contribution in [3.05, 3.63) is 15.2 Å². The predicted octanol–water partition coefficient (Wildman–Crippen LogP) is 2.15. The van der Waals surface area contributed by atoms with Crippen LogP contribution in [-0.2, 0) is 0 Å². The molecule has 2 N–H and O–H groups in total. The molecule has 5 heteroatoms. The van der Waals surface area contributed by atoms with Crippen molar-refractivity contribution in [3.8, 4) is 17.6 Å². The lowest BCUT2D eigenvalue weighted by Gasteiger charge is -2.13. The highest BCUT2D eigenvalue weighted by Crippen LogP contribution is 2.37. The number of nitriles is 1. The van der Waals surface area contributed by atoms with Gasteiger partial charge in [0.15, 0.2) is 11.5 Å². The molecule has 0 heterocycles. The highest BCUT2D eigenvalue weighted by Gasteiger charge is 2.16. The fourth-order valence-electron chi connectivity index (χ4n) is 1.17. The van der Waals surface area contributed by atoms with Crippen molar-refractivity contribution >= 4 is 28.3 Å². The van der Waals surface area contributed by atoms with E-state index in [1.165, 1.54) is 0 Å². The third-order valence-electron chi connectivity index (χ3n) is 1.84. The Morgan fingerprint density at radius 3 is 2.73 bits per heavy atom. The molecule has 0 saturated carbocycles. The van der Waals surface area contributed by atoms with Crippen LogP contribution >= 0.6 is 22.6 Å². The van der Waals surface area contributed by atoms with Crippen molar-refractivity contribution in [3.63, 3.8) is 0 Å². The van der Waals surface area contributed by atoms with Crippen molar-refractivity contribution in [2.24, 2.45) is 0 Å². The van der Waals surface area contributed by atoms with E-state index in [1.54, 1.807) is 13.2 Å². The molecule has 0 aliphatic carbocycles. The van der Waals surface area contributed by atoms with Gasteiger partial charge in [0, 0.05) is 6.07 Å². The van der Waals surface area contributed by atoms with Crippen LogP contribution in [0.3, 0.4) is 0 Å². The number of hydrogen-bond donors (Lipinski definition) is 1. The molecule has 1 aromatic carbocycles. The molecule has 1 aromatic rings. The SMILES string of the molecule is CCOc1c(OC)cc(N)c(C#N)c1I. The van der Waals surface area contributed by atoms with Gasteiger partial charge in [-0.1, -0.05) is 0 Å². The number of methoxy groups -OCH3 is 1. The Balaban J connectivity index is 3.40. The van der Waals surface area contributed by atoms with Crippen LogP contribution < -0.4 is 15.2 Å². The first-order valence-corrected chi connectivity index (χ1v) is 5.42. The molecule has 0 radical (unpaired) electrons. The molecule has 80 valence electrons. The van der Waals surface area contributed by atoms with Crippen LogP contribution in [0, 0.1) is 14.9 Å². The molecule has 0 aliphatic rings. The molecule has 0 amide bonds. The minimum Gasteiger partial charge on any atom is -0.493 e. The lowest BCUT2D eigenvalue weighted by atomic mass is 10.2. The number of anilines is 1. The van der Waals surface area contributed by atoms with Crippen molar-refractivity contribution in [2.75, 3.05) is 19.5 Å². The Kier molecular flexibility index (Phi) is 4.03. The molecule has 4 nitrogen and oxygen atoms in total.